The van der Waals surface area contributed by atoms with Gasteiger partial charge in [0.05, 0.1) is 12.6 Å². The number of carbonyl (C=O) groups excluding carboxylic acids is 1. The molecule has 0 unspecified atom stereocenters. The molecule has 1 aliphatic rings. The van der Waals surface area contributed by atoms with Gasteiger partial charge in [0, 0.05) is 19.2 Å². The van der Waals surface area contributed by atoms with Gasteiger partial charge in [0.2, 0.25) is 0 Å². The predicted octanol–water partition coefficient (Wildman–Crippen LogP) is 1.82. The van der Waals surface area contributed by atoms with E-state index >= 15 is 0 Å². The van der Waals surface area contributed by atoms with Gasteiger partial charge in [0.25, 0.3) is 0 Å². The van der Waals surface area contributed by atoms with Gasteiger partial charge in [-0.25, -0.2) is 13.6 Å². The lowest BCUT2D eigenvalue weighted by Gasteiger charge is -2.12. The molecule has 1 fully saturated rings. The molecule has 2 rings (SSSR count). The number of carbonyl (C=O) groups is 1. The zero-order valence-electron chi connectivity index (χ0n) is 11.5. The number of hydrogen-bond donors (Lipinski definition) is 2. The summed E-state index contributed by atoms with van der Waals surface area (Å²) < 4.78 is 36.2. The predicted molar refractivity (Wildman–Crippen MR) is 72.2 cm³/mol. The van der Waals surface area contributed by atoms with E-state index in [1.54, 1.807) is 0 Å². The topological polar surface area (TPSA) is 59.6 Å². The van der Waals surface area contributed by atoms with Crippen LogP contribution >= 0.6 is 0 Å². The van der Waals surface area contributed by atoms with Crippen molar-refractivity contribution in [1.29, 1.82) is 0 Å². The SMILES string of the molecule is O=C(NCCOc1ccc(F)c(F)c1)NC[C@@H]1CCCO1. The maximum atomic E-state index is 12.9. The van der Waals surface area contributed by atoms with Crippen LogP contribution in [0.15, 0.2) is 18.2 Å². The summed E-state index contributed by atoms with van der Waals surface area (Å²) in [5.41, 5.74) is 0. The number of hydrogen-bond acceptors (Lipinski definition) is 3. The molecule has 21 heavy (non-hydrogen) atoms. The number of ether oxygens (including phenoxy) is 2. The summed E-state index contributed by atoms with van der Waals surface area (Å²) in [5, 5.41) is 5.30. The Bertz CT molecular complexity index is 479. The Morgan fingerprint density at radius 3 is 2.90 bits per heavy atom. The van der Waals surface area contributed by atoms with Gasteiger partial charge in [0.15, 0.2) is 11.6 Å². The van der Waals surface area contributed by atoms with Gasteiger partial charge in [-0.15, -0.1) is 0 Å². The molecule has 0 aromatic heterocycles. The first-order valence-electron chi connectivity index (χ1n) is 6.86. The Hall–Kier alpha value is -1.89. The van der Waals surface area contributed by atoms with E-state index in [-0.39, 0.29) is 31.0 Å². The second kappa shape index (κ2) is 7.78. The minimum atomic E-state index is -0.963. The van der Waals surface area contributed by atoms with Crippen LogP contribution in [0.2, 0.25) is 0 Å². The molecule has 5 nitrogen and oxygen atoms in total. The maximum Gasteiger partial charge on any atom is 0.315 e. The Balaban J connectivity index is 1.58. The van der Waals surface area contributed by atoms with Crippen LogP contribution in [-0.4, -0.2) is 38.4 Å². The lowest BCUT2D eigenvalue weighted by molar-refractivity contribution is 0.111. The van der Waals surface area contributed by atoms with Gasteiger partial charge in [-0.1, -0.05) is 0 Å². The summed E-state index contributed by atoms with van der Waals surface area (Å²) in [4.78, 5) is 11.5. The van der Waals surface area contributed by atoms with Gasteiger partial charge < -0.3 is 20.1 Å². The van der Waals surface area contributed by atoms with Crippen molar-refractivity contribution in [3.05, 3.63) is 29.8 Å². The highest BCUT2D eigenvalue weighted by atomic mass is 19.2. The fourth-order valence-corrected chi connectivity index (χ4v) is 1.97. The first-order chi connectivity index (χ1) is 10.1. The Kier molecular flexibility index (Phi) is 5.74. The van der Waals surface area contributed by atoms with E-state index in [4.69, 9.17) is 9.47 Å². The minimum Gasteiger partial charge on any atom is -0.492 e. The summed E-state index contributed by atoms with van der Waals surface area (Å²) in [6, 6.07) is 2.98. The Morgan fingerprint density at radius 2 is 2.19 bits per heavy atom. The fraction of sp³-hybridized carbons (Fsp3) is 0.500. The van der Waals surface area contributed by atoms with Gasteiger partial charge in [-0.05, 0) is 25.0 Å². The van der Waals surface area contributed by atoms with Crippen molar-refractivity contribution in [3.8, 4) is 5.75 Å². The smallest absolute Gasteiger partial charge is 0.315 e. The molecule has 116 valence electrons. The first-order valence-corrected chi connectivity index (χ1v) is 6.86. The molecule has 1 aliphatic heterocycles. The molecular formula is C14H18F2N2O3. The summed E-state index contributed by atoms with van der Waals surface area (Å²) in [7, 11) is 0. The molecule has 2 N–H and O–H groups in total. The Morgan fingerprint density at radius 1 is 1.33 bits per heavy atom. The molecule has 0 bridgehead atoms. The molecule has 2 amide bonds. The quantitative estimate of drug-likeness (QED) is 0.788. The molecule has 0 radical (unpaired) electrons. The van der Waals surface area contributed by atoms with Crippen molar-refractivity contribution in [2.75, 3.05) is 26.3 Å². The van der Waals surface area contributed by atoms with Gasteiger partial charge in [0.1, 0.15) is 12.4 Å². The highest BCUT2D eigenvalue weighted by Gasteiger charge is 2.15. The lowest BCUT2D eigenvalue weighted by atomic mass is 10.2. The highest BCUT2D eigenvalue weighted by Crippen LogP contribution is 2.15. The van der Waals surface area contributed by atoms with E-state index in [0.29, 0.717) is 6.54 Å². The summed E-state index contributed by atoms with van der Waals surface area (Å²) in [6.07, 6.45) is 2.07. The van der Waals surface area contributed by atoms with E-state index in [1.165, 1.54) is 6.07 Å². The molecule has 1 aromatic carbocycles. The summed E-state index contributed by atoms with van der Waals surface area (Å²) >= 11 is 0. The third-order valence-corrected chi connectivity index (χ3v) is 3.06. The van der Waals surface area contributed by atoms with Crippen LogP contribution in [0.5, 0.6) is 5.75 Å². The van der Waals surface area contributed by atoms with Gasteiger partial charge in [-0.2, -0.15) is 0 Å². The second-order valence-electron chi connectivity index (χ2n) is 4.70. The van der Waals surface area contributed by atoms with Crippen molar-refractivity contribution in [2.45, 2.75) is 18.9 Å². The molecule has 7 heteroatoms. The number of benzene rings is 1. The van der Waals surface area contributed by atoms with Crippen molar-refractivity contribution in [1.82, 2.24) is 10.6 Å². The maximum absolute atomic E-state index is 12.9. The van der Waals surface area contributed by atoms with E-state index in [0.717, 1.165) is 31.6 Å². The molecule has 0 spiro atoms. The number of urea groups is 1. The molecule has 1 saturated heterocycles. The minimum absolute atomic E-state index is 0.0918. The second-order valence-corrected chi connectivity index (χ2v) is 4.70. The third-order valence-electron chi connectivity index (χ3n) is 3.06. The average Bonchev–Trinajstić information content (AvgIpc) is 2.98. The van der Waals surface area contributed by atoms with Crippen molar-refractivity contribution < 1.29 is 23.0 Å². The zero-order chi connectivity index (χ0) is 15.1. The third kappa shape index (κ3) is 5.18. The largest absolute Gasteiger partial charge is 0.492 e. The molecule has 0 saturated carbocycles. The van der Waals surface area contributed by atoms with E-state index in [9.17, 15) is 13.6 Å². The van der Waals surface area contributed by atoms with Crippen LogP contribution in [0.4, 0.5) is 13.6 Å². The monoisotopic (exact) mass is 300 g/mol. The lowest BCUT2D eigenvalue weighted by Crippen LogP contribution is -2.41. The molecule has 0 aliphatic carbocycles. The van der Waals surface area contributed by atoms with E-state index in [1.807, 2.05) is 0 Å². The van der Waals surface area contributed by atoms with Crippen molar-refractivity contribution >= 4 is 6.03 Å². The van der Waals surface area contributed by atoms with Crippen LogP contribution in [0.3, 0.4) is 0 Å². The number of halogens is 2. The fourth-order valence-electron chi connectivity index (χ4n) is 1.97. The van der Waals surface area contributed by atoms with E-state index < -0.39 is 11.6 Å². The van der Waals surface area contributed by atoms with Crippen LogP contribution in [0, 0.1) is 11.6 Å². The summed E-state index contributed by atoms with van der Waals surface area (Å²) in [5.74, 6) is -1.67. The van der Waals surface area contributed by atoms with Gasteiger partial charge in [-0.3, -0.25) is 0 Å². The van der Waals surface area contributed by atoms with Crippen LogP contribution in [-0.2, 0) is 4.74 Å². The van der Waals surface area contributed by atoms with Gasteiger partial charge >= 0.3 is 6.03 Å². The molecule has 1 atom stereocenters. The Labute approximate surface area is 121 Å². The van der Waals surface area contributed by atoms with Crippen LogP contribution < -0.4 is 15.4 Å². The standard InChI is InChI=1S/C14H18F2N2O3/c15-12-4-3-10(8-13(12)16)21-7-5-17-14(19)18-9-11-2-1-6-20-11/h3-4,8,11H,1-2,5-7,9H2,(H2,17,18,19)/t11-/m0/s1. The first kappa shape index (κ1) is 15.5. The highest BCUT2D eigenvalue weighted by molar-refractivity contribution is 5.73. The number of nitrogens with one attached hydrogen (secondary N) is 2. The van der Waals surface area contributed by atoms with Crippen molar-refractivity contribution in [2.24, 2.45) is 0 Å². The molecule has 1 heterocycles. The van der Waals surface area contributed by atoms with E-state index in [2.05, 4.69) is 10.6 Å². The number of amides is 2. The number of rotatable bonds is 6. The van der Waals surface area contributed by atoms with Crippen LogP contribution in [0.25, 0.3) is 0 Å². The summed E-state index contributed by atoms with van der Waals surface area (Å²) in [6.45, 7) is 1.65. The molecular weight excluding hydrogens is 282 g/mol. The molecule has 1 aromatic rings. The normalized spacial score (nSPS) is 17.5. The van der Waals surface area contributed by atoms with Crippen molar-refractivity contribution in [3.63, 3.8) is 0 Å². The average molecular weight is 300 g/mol. The zero-order valence-corrected chi connectivity index (χ0v) is 11.5. The van der Waals surface area contributed by atoms with Crippen LogP contribution in [0.1, 0.15) is 12.8 Å².